The number of benzene rings is 2. The van der Waals surface area contributed by atoms with Crippen LogP contribution in [0.1, 0.15) is 11.1 Å². The van der Waals surface area contributed by atoms with Crippen molar-refractivity contribution in [3.8, 4) is 28.0 Å². The first-order valence-electron chi connectivity index (χ1n) is 11.9. The van der Waals surface area contributed by atoms with E-state index >= 15 is 0 Å². The summed E-state index contributed by atoms with van der Waals surface area (Å²) in [5, 5.41) is 3.47. The lowest BCUT2D eigenvalue weighted by molar-refractivity contribution is 0.0383. The van der Waals surface area contributed by atoms with Crippen molar-refractivity contribution in [2.24, 2.45) is 0 Å². The van der Waals surface area contributed by atoms with Gasteiger partial charge in [-0.1, -0.05) is 0 Å². The van der Waals surface area contributed by atoms with E-state index in [0.29, 0.717) is 23.1 Å². The number of carbonyl (C=O) groups excluding carboxylic acids is 1. The van der Waals surface area contributed by atoms with Gasteiger partial charge in [0.05, 0.1) is 29.9 Å². The van der Waals surface area contributed by atoms with Gasteiger partial charge in [-0.05, 0) is 55.3 Å². The number of fused-ring (bicyclic) bond motifs is 4. The smallest absolute Gasteiger partial charge is 0.411 e. The Balaban J connectivity index is 1.26. The van der Waals surface area contributed by atoms with E-state index in [2.05, 4.69) is 26.3 Å². The molecular weight excluding hydrogens is 506 g/mol. The van der Waals surface area contributed by atoms with Gasteiger partial charge in [-0.3, -0.25) is 10.3 Å². The van der Waals surface area contributed by atoms with Gasteiger partial charge in [0.25, 0.3) is 0 Å². The average molecular weight is 530 g/mol. The number of hydrogen-bond acceptors (Lipinski definition) is 10. The van der Waals surface area contributed by atoms with Gasteiger partial charge >= 0.3 is 6.09 Å². The quantitative estimate of drug-likeness (QED) is 0.323. The van der Waals surface area contributed by atoms with Crippen LogP contribution >= 0.6 is 11.3 Å². The molecule has 0 aliphatic carbocycles. The summed E-state index contributed by atoms with van der Waals surface area (Å²) in [6.07, 6.45) is 3.77. The van der Waals surface area contributed by atoms with Crippen LogP contribution in [0.2, 0.25) is 0 Å². The molecule has 4 heterocycles. The summed E-state index contributed by atoms with van der Waals surface area (Å²) in [4.78, 5) is 30.2. The predicted molar refractivity (Wildman–Crippen MR) is 143 cm³/mol. The summed E-state index contributed by atoms with van der Waals surface area (Å²) in [5.41, 5.74) is 5.83. The Hall–Kier alpha value is -4.51. The highest BCUT2D eigenvalue weighted by molar-refractivity contribution is 7.22. The summed E-state index contributed by atoms with van der Waals surface area (Å²) >= 11 is 1.52. The average Bonchev–Trinajstić information content (AvgIpc) is 3.38. The number of nitrogens with zero attached hydrogens (tertiary/aromatic N) is 4. The first kappa shape index (κ1) is 23.9. The first-order chi connectivity index (χ1) is 18.5. The summed E-state index contributed by atoms with van der Waals surface area (Å²) in [6, 6.07) is 9.30. The largest absolute Gasteiger partial charge is 0.484 e. The fraction of sp³-hybridized carbons (Fsp3) is 0.222. The summed E-state index contributed by atoms with van der Waals surface area (Å²) in [6.45, 7) is 4.27. The molecule has 2 aromatic carbocycles. The lowest BCUT2D eigenvalue weighted by atomic mass is 10.1. The molecule has 0 spiro atoms. The topological polar surface area (TPSA) is 118 Å². The van der Waals surface area contributed by atoms with Crippen molar-refractivity contribution in [1.29, 1.82) is 0 Å². The van der Waals surface area contributed by atoms with Gasteiger partial charge in [0, 0.05) is 23.6 Å². The summed E-state index contributed by atoms with van der Waals surface area (Å²) in [7, 11) is 1.57. The zero-order valence-electron chi connectivity index (χ0n) is 20.8. The van der Waals surface area contributed by atoms with Gasteiger partial charge in [-0.2, -0.15) is 0 Å². The number of methoxy groups -OCH3 is 1. The van der Waals surface area contributed by atoms with E-state index in [0.717, 1.165) is 42.9 Å². The zero-order valence-corrected chi connectivity index (χ0v) is 21.7. The van der Waals surface area contributed by atoms with Gasteiger partial charge in [0.1, 0.15) is 22.9 Å². The number of nitrogens with one attached hydrogen (secondary N) is 1. The van der Waals surface area contributed by atoms with Crippen LogP contribution in [0.15, 0.2) is 48.9 Å². The molecule has 0 bridgehead atoms. The Morgan fingerprint density at radius 3 is 2.82 bits per heavy atom. The Kier molecular flexibility index (Phi) is 6.12. The van der Waals surface area contributed by atoms with Crippen molar-refractivity contribution < 1.29 is 23.7 Å². The van der Waals surface area contributed by atoms with Crippen molar-refractivity contribution in [2.45, 2.75) is 20.0 Å². The summed E-state index contributed by atoms with van der Waals surface area (Å²) in [5.74, 6) is 1.69. The number of carbonyl (C=O) groups is 1. The van der Waals surface area contributed by atoms with Crippen LogP contribution in [-0.4, -0.2) is 52.5 Å². The molecule has 10 nitrogen and oxygen atoms in total. The van der Waals surface area contributed by atoms with Gasteiger partial charge < -0.3 is 18.9 Å². The lowest BCUT2D eigenvalue weighted by Gasteiger charge is -2.26. The molecule has 38 heavy (non-hydrogen) atoms. The number of ether oxygens (including phenoxy) is 4. The van der Waals surface area contributed by atoms with Crippen LogP contribution in [0.5, 0.6) is 17.4 Å². The molecule has 1 aliphatic heterocycles. The number of thiazole rings is 1. The molecular formula is C27H23N5O5S. The Labute approximate surface area is 221 Å². The minimum Gasteiger partial charge on any atom is -0.484 e. The fourth-order valence-corrected chi connectivity index (χ4v) is 5.41. The normalized spacial score (nSPS) is 14.4. The van der Waals surface area contributed by atoms with Gasteiger partial charge in [-0.25, -0.2) is 19.7 Å². The third kappa shape index (κ3) is 4.52. The third-order valence-electron chi connectivity index (χ3n) is 6.02. The Morgan fingerprint density at radius 2 is 2.00 bits per heavy atom. The van der Waals surface area contributed by atoms with E-state index in [-0.39, 0.29) is 13.2 Å². The highest BCUT2D eigenvalue weighted by Crippen LogP contribution is 2.46. The van der Waals surface area contributed by atoms with Gasteiger partial charge in [-0.15, -0.1) is 11.3 Å². The van der Waals surface area contributed by atoms with E-state index in [9.17, 15) is 4.79 Å². The molecule has 1 unspecified atom stereocenters. The second kappa shape index (κ2) is 9.75. The second-order valence-corrected chi connectivity index (χ2v) is 9.82. The van der Waals surface area contributed by atoms with E-state index < -0.39 is 12.2 Å². The molecule has 5 aromatic rings. The minimum absolute atomic E-state index is 0.0405. The van der Waals surface area contributed by atoms with E-state index in [1.54, 1.807) is 37.8 Å². The number of aryl methyl sites for hydroxylation is 2. The van der Waals surface area contributed by atoms with Crippen LogP contribution in [0.3, 0.4) is 0 Å². The van der Waals surface area contributed by atoms with Crippen LogP contribution in [-0.2, 0) is 4.74 Å². The van der Waals surface area contributed by atoms with Crippen molar-refractivity contribution in [2.75, 3.05) is 25.6 Å². The van der Waals surface area contributed by atoms with Crippen molar-refractivity contribution >= 4 is 44.4 Å². The van der Waals surface area contributed by atoms with Gasteiger partial charge in [0.15, 0.2) is 17.6 Å². The molecule has 6 rings (SSSR count). The molecule has 0 saturated heterocycles. The van der Waals surface area contributed by atoms with Crippen molar-refractivity contribution in [1.82, 2.24) is 19.9 Å². The van der Waals surface area contributed by atoms with E-state index in [4.69, 9.17) is 23.9 Å². The van der Waals surface area contributed by atoms with Crippen LogP contribution in [0.4, 0.5) is 10.5 Å². The number of rotatable bonds is 5. The Morgan fingerprint density at radius 1 is 1.16 bits per heavy atom. The molecule has 0 radical (unpaired) electrons. The van der Waals surface area contributed by atoms with Crippen LogP contribution < -0.4 is 19.5 Å². The van der Waals surface area contributed by atoms with E-state index in [1.807, 2.05) is 26.0 Å². The monoisotopic (exact) mass is 529 g/mol. The predicted octanol–water partition coefficient (Wildman–Crippen LogP) is 5.32. The maximum Gasteiger partial charge on any atom is 0.411 e. The van der Waals surface area contributed by atoms with Crippen molar-refractivity contribution in [3.63, 3.8) is 0 Å². The zero-order chi connectivity index (χ0) is 26.2. The maximum atomic E-state index is 12.1. The standard InChI is InChI=1S/C27H23N5O5S/c1-14-8-18(23-19(9-14)31-21(34-3)11-29-23)26-32-22-15(2)10-20-24(25(22)38-26)35-12-17(37-20)13-36-27(33)30-16-4-6-28-7-5-16/h4-11,17H,12-13H2,1-3H3,(H,28,30,33). The number of amides is 1. The lowest BCUT2D eigenvalue weighted by Crippen LogP contribution is -2.35. The van der Waals surface area contributed by atoms with E-state index in [1.165, 1.54) is 11.3 Å². The maximum absolute atomic E-state index is 12.1. The molecule has 11 heteroatoms. The number of hydrogen-bond donors (Lipinski definition) is 1. The highest BCUT2D eigenvalue weighted by Gasteiger charge is 2.27. The molecule has 192 valence electrons. The molecule has 3 aromatic heterocycles. The number of anilines is 1. The first-order valence-corrected chi connectivity index (χ1v) is 12.7. The SMILES string of the molecule is COc1cnc2c(-c3nc4c(C)cc5c(c4s3)OCC(COC(=O)Nc3ccncc3)O5)cc(C)cc2n1. The van der Waals surface area contributed by atoms with Crippen LogP contribution in [0, 0.1) is 13.8 Å². The highest BCUT2D eigenvalue weighted by atomic mass is 32.1. The third-order valence-corrected chi connectivity index (χ3v) is 7.11. The molecule has 1 atom stereocenters. The van der Waals surface area contributed by atoms with Crippen molar-refractivity contribution in [3.05, 3.63) is 60.0 Å². The second-order valence-electron chi connectivity index (χ2n) is 8.82. The molecule has 0 saturated carbocycles. The number of aromatic nitrogens is 4. The molecule has 0 fully saturated rings. The summed E-state index contributed by atoms with van der Waals surface area (Å²) < 4.78 is 23.8. The number of pyridine rings is 1. The van der Waals surface area contributed by atoms with Crippen LogP contribution in [0.25, 0.3) is 31.8 Å². The fourth-order valence-electron chi connectivity index (χ4n) is 4.26. The molecule has 1 aliphatic rings. The molecule has 1 amide bonds. The molecule has 1 N–H and O–H groups in total. The Bertz CT molecular complexity index is 1670. The van der Waals surface area contributed by atoms with Gasteiger partial charge in [0.2, 0.25) is 5.88 Å². The minimum atomic E-state index is -0.574.